The molecule has 2 aliphatic rings. The molecule has 0 spiro atoms. The van der Waals surface area contributed by atoms with E-state index in [1.54, 1.807) is 0 Å². The van der Waals surface area contributed by atoms with E-state index in [9.17, 15) is 18.0 Å². The predicted molar refractivity (Wildman–Crippen MR) is 97.5 cm³/mol. The molecule has 2 saturated carbocycles. The van der Waals surface area contributed by atoms with E-state index >= 15 is 0 Å². The normalized spacial score (nSPS) is 33.8. The van der Waals surface area contributed by atoms with Gasteiger partial charge in [-0.15, -0.1) is 0 Å². The molecular weight excluding hydrogens is 339 g/mol. The highest BCUT2D eigenvalue weighted by atomic mass is 19.4. The summed E-state index contributed by atoms with van der Waals surface area (Å²) in [6.45, 7) is 5.52. The maximum atomic E-state index is 12.0. The van der Waals surface area contributed by atoms with E-state index in [1.807, 2.05) is 0 Å². The fourth-order valence-electron chi connectivity index (χ4n) is 5.11. The van der Waals surface area contributed by atoms with Crippen LogP contribution in [0.5, 0.6) is 0 Å². The monoisotopic (exact) mass is 369 g/mol. The van der Waals surface area contributed by atoms with Gasteiger partial charge in [-0.25, -0.2) is 0 Å². The summed E-state index contributed by atoms with van der Waals surface area (Å²) in [6.07, 6.45) is 0.868. The fourth-order valence-corrected chi connectivity index (χ4v) is 5.11. The van der Waals surface area contributed by atoms with E-state index in [0.717, 1.165) is 25.7 Å². The predicted octanol–water partition coefficient (Wildman–Crippen LogP) is 5.60. The Bertz CT molecular complexity index is 611. The third-order valence-electron chi connectivity index (χ3n) is 6.00. The van der Waals surface area contributed by atoms with Gasteiger partial charge >= 0.3 is 6.18 Å². The van der Waals surface area contributed by atoms with Gasteiger partial charge < -0.3 is 5.73 Å². The number of hydrogen-bond acceptors (Lipinski definition) is 1. The van der Waals surface area contributed by atoms with E-state index in [1.165, 1.54) is 24.8 Å². The summed E-state index contributed by atoms with van der Waals surface area (Å²) in [5.74, 6) is 1.27. The Balaban J connectivity index is 0.000000352. The second kappa shape index (κ2) is 7.61. The first-order chi connectivity index (χ1) is 12.0. The van der Waals surface area contributed by atoms with E-state index in [-0.39, 0.29) is 16.7 Å². The van der Waals surface area contributed by atoms with Crippen LogP contribution in [-0.2, 0) is 10.2 Å². The van der Waals surface area contributed by atoms with Gasteiger partial charge in [0.2, 0.25) is 5.91 Å². The lowest BCUT2D eigenvalue weighted by atomic mass is 9.50. The number of hydrogen-bond donors (Lipinski definition) is 1. The van der Waals surface area contributed by atoms with E-state index in [2.05, 4.69) is 44.2 Å². The lowest BCUT2D eigenvalue weighted by molar-refractivity contribution is -0.133. The molecule has 26 heavy (non-hydrogen) atoms. The second-order valence-electron chi connectivity index (χ2n) is 8.54. The molecule has 0 aromatic heterocycles. The van der Waals surface area contributed by atoms with Gasteiger partial charge in [0.05, 0.1) is 0 Å². The summed E-state index contributed by atoms with van der Waals surface area (Å²) in [5.41, 5.74) is 6.97. The molecule has 5 heteroatoms. The van der Waals surface area contributed by atoms with Crippen LogP contribution in [-0.4, -0.2) is 12.1 Å². The SMILES string of the molecule is CC1CC2CC(C)(C(N)=O)CC(c3ccccc3)(C1)C2.CCC(F)(F)F. The molecule has 146 valence electrons. The number of rotatable bonds is 2. The number of alkyl halides is 3. The number of fused-ring (bicyclic) bond motifs is 2. The minimum Gasteiger partial charge on any atom is -0.369 e. The minimum absolute atomic E-state index is 0.114. The molecule has 0 aliphatic heterocycles. The van der Waals surface area contributed by atoms with Crippen LogP contribution < -0.4 is 5.73 Å². The molecule has 2 nitrogen and oxygen atoms in total. The molecule has 2 aliphatic carbocycles. The average molecular weight is 369 g/mol. The van der Waals surface area contributed by atoms with Crippen LogP contribution >= 0.6 is 0 Å². The number of amides is 1. The summed E-state index contributed by atoms with van der Waals surface area (Å²) < 4.78 is 32.4. The third kappa shape index (κ3) is 4.80. The quantitative estimate of drug-likeness (QED) is 0.724. The van der Waals surface area contributed by atoms with Crippen LogP contribution in [0.1, 0.15) is 64.9 Å². The molecule has 1 aromatic carbocycles. The standard InChI is InChI=1S/C18H25NO.C3H5F3/c1-13-8-14-10-17(2,16(19)20)12-18(9-13,11-14)15-6-4-3-5-7-15;1-2-3(4,5)6/h3-7,13-14H,8-12H2,1-2H3,(H2,19,20);2H2,1H3. The minimum atomic E-state index is -3.96. The number of carbonyl (C=O) groups excluding carboxylic acids is 1. The van der Waals surface area contributed by atoms with Crippen molar-refractivity contribution in [1.82, 2.24) is 0 Å². The zero-order chi connectivity index (χ0) is 19.6. The number of primary amides is 1. The lowest BCUT2D eigenvalue weighted by Gasteiger charge is -2.53. The summed E-state index contributed by atoms with van der Waals surface area (Å²) in [6, 6.07) is 10.8. The third-order valence-corrected chi connectivity index (χ3v) is 6.00. The van der Waals surface area contributed by atoms with Crippen LogP contribution in [0, 0.1) is 17.3 Å². The molecule has 2 fully saturated rings. The topological polar surface area (TPSA) is 43.1 Å². The van der Waals surface area contributed by atoms with Gasteiger partial charge in [0, 0.05) is 11.8 Å². The first-order valence-corrected chi connectivity index (χ1v) is 9.42. The Morgan fingerprint density at radius 1 is 1.19 bits per heavy atom. The molecule has 3 rings (SSSR count). The highest BCUT2D eigenvalue weighted by molar-refractivity contribution is 5.80. The van der Waals surface area contributed by atoms with Crippen LogP contribution in [0.25, 0.3) is 0 Å². The largest absolute Gasteiger partial charge is 0.388 e. The maximum Gasteiger partial charge on any atom is 0.388 e. The van der Waals surface area contributed by atoms with Crippen molar-refractivity contribution in [2.45, 2.75) is 70.9 Å². The summed E-state index contributed by atoms with van der Waals surface area (Å²) >= 11 is 0. The molecule has 4 unspecified atom stereocenters. The lowest BCUT2D eigenvalue weighted by Crippen LogP contribution is -2.51. The highest BCUT2D eigenvalue weighted by Gasteiger charge is 2.52. The molecular formula is C21H30F3NO. The molecule has 2 N–H and O–H groups in total. The highest BCUT2D eigenvalue weighted by Crippen LogP contribution is 2.57. The maximum absolute atomic E-state index is 12.0. The first kappa shape index (κ1) is 20.8. The van der Waals surface area contributed by atoms with Gasteiger partial charge in [0.25, 0.3) is 0 Å². The number of benzene rings is 1. The van der Waals surface area contributed by atoms with Gasteiger partial charge in [-0.3, -0.25) is 4.79 Å². The number of carbonyl (C=O) groups is 1. The molecule has 1 aromatic rings. The molecule has 1 amide bonds. The van der Waals surface area contributed by atoms with Gasteiger partial charge in [0.1, 0.15) is 0 Å². The van der Waals surface area contributed by atoms with E-state index in [4.69, 9.17) is 5.73 Å². The van der Waals surface area contributed by atoms with Crippen molar-refractivity contribution in [2.75, 3.05) is 0 Å². The van der Waals surface area contributed by atoms with Crippen molar-refractivity contribution in [1.29, 1.82) is 0 Å². The first-order valence-electron chi connectivity index (χ1n) is 9.42. The fraction of sp³-hybridized carbons (Fsp3) is 0.667. The molecule has 0 radical (unpaired) electrons. The Labute approximate surface area is 154 Å². The number of nitrogens with two attached hydrogens (primary N) is 1. The van der Waals surface area contributed by atoms with Gasteiger partial charge in [-0.2, -0.15) is 13.2 Å². The van der Waals surface area contributed by atoms with Crippen molar-refractivity contribution in [3.8, 4) is 0 Å². The van der Waals surface area contributed by atoms with Crippen molar-refractivity contribution in [3.63, 3.8) is 0 Å². The molecule has 0 saturated heterocycles. The zero-order valence-electron chi connectivity index (χ0n) is 15.9. The summed E-state index contributed by atoms with van der Waals surface area (Å²) in [7, 11) is 0. The van der Waals surface area contributed by atoms with Crippen LogP contribution in [0.15, 0.2) is 30.3 Å². The Morgan fingerprint density at radius 2 is 1.77 bits per heavy atom. The van der Waals surface area contributed by atoms with Crippen molar-refractivity contribution in [2.24, 2.45) is 23.0 Å². The summed E-state index contributed by atoms with van der Waals surface area (Å²) in [5, 5.41) is 0. The Hall–Kier alpha value is -1.52. The molecule has 0 heterocycles. The Kier molecular flexibility index (Phi) is 6.09. The molecule has 4 atom stereocenters. The van der Waals surface area contributed by atoms with Crippen LogP contribution in [0.3, 0.4) is 0 Å². The van der Waals surface area contributed by atoms with Crippen molar-refractivity contribution >= 4 is 5.91 Å². The van der Waals surface area contributed by atoms with Crippen LogP contribution in [0.4, 0.5) is 13.2 Å². The number of halogens is 3. The van der Waals surface area contributed by atoms with Crippen LogP contribution in [0.2, 0.25) is 0 Å². The zero-order valence-corrected chi connectivity index (χ0v) is 15.9. The smallest absolute Gasteiger partial charge is 0.369 e. The van der Waals surface area contributed by atoms with Gasteiger partial charge in [-0.1, -0.05) is 51.1 Å². The van der Waals surface area contributed by atoms with Gasteiger partial charge in [-0.05, 0) is 54.9 Å². The Morgan fingerprint density at radius 3 is 2.27 bits per heavy atom. The van der Waals surface area contributed by atoms with E-state index in [0.29, 0.717) is 5.92 Å². The van der Waals surface area contributed by atoms with Crippen molar-refractivity contribution < 1.29 is 18.0 Å². The average Bonchev–Trinajstić information content (AvgIpc) is 2.54. The van der Waals surface area contributed by atoms with E-state index < -0.39 is 12.6 Å². The summed E-state index contributed by atoms with van der Waals surface area (Å²) in [4.78, 5) is 12.0. The van der Waals surface area contributed by atoms with Gasteiger partial charge in [0.15, 0.2) is 0 Å². The van der Waals surface area contributed by atoms with Crippen molar-refractivity contribution in [3.05, 3.63) is 35.9 Å². The second-order valence-corrected chi connectivity index (χ2v) is 8.54. The molecule has 2 bridgehead atoms.